The van der Waals surface area contributed by atoms with Crippen molar-refractivity contribution in [2.75, 3.05) is 4.90 Å². The fourth-order valence-electron chi connectivity index (χ4n) is 11.2. The molecule has 1 nitrogen and oxygen atoms in total. The summed E-state index contributed by atoms with van der Waals surface area (Å²) in [7, 11) is 0. The molecular formula is C61H43N. The van der Waals surface area contributed by atoms with Gasteiger partial charge in [-0.1, -0.05) is 219 Å². The van der Waals surface area contributed by atoms with Crippen LogP contribution in [0.4, 0.5) is 11.4 Å². The zero-order chi connectivity index (χ0) is 41.2. The number of rotatable bonds is 8. The molecule has 0 radical (unpaired) electrons. The number of benzene rings is 10. The van der Waals surface area contributed by atoms with Gasteiger partial charge in [0, 0.05) is 16.9 Å². The Kier molecular flexibility index (Phi) is 8.43. The van der Waals surface area contributed by atoms with Crippen molar-refractivity contribution in [3.8, 4) is 33.4 Å². The molecule has 292 valence electrons. The van der Waals surface area contributed by atoms with Crippen LogP contribution in [0.15, 0.2) is 237 Å². The van der Waals surface area contributed by atoms with Gasteiger partial charge in [-0.2, -0.15) is 0 Å². The number of allylic oxidation sites excluding steroid dienone is 2. The Labute approximate surface area is 363 Å². The van der Waals surface area contributed by atoms with E-state index in [0.717, 1.165) is 12.1 Å². The minimum Gasteiger partial charge on any atom is -0.333 e. The van der Waals surface area contributed by atoms with Crippen molar-refractivity contribution in [3.05, 3.63) is 265 Å². The molecule has 0 saturated heterocycles. The number of hydrogen-bond donors (Lipinski definition) is 0. The van der Waals surface area contributed by atoms with Gasteiger partial charge in [-0.05, 0) is 113 Å². The van der Waals surface area contributed by atoms with Gasteiger partial charge in [0.2, 0.25) is 0 Å². The molecule has 10 aromatic carbocycles. The van der Waals surface area contributed by atoms with E-state index < -0.39 is 5.41 Å². The highest BCUT2D eigenvalue weighted by Crippen LogP contribution is 2.64. The summed E-state index contributed by atoms with van der Waals surface area (Å²) < 4.78 is 0. The van der Waals surface area contributed by atoms with Gasteiger partial charge >= 0.3 is 0 Å². The van der Waals surface area contributed by atoms with Gasteiger partial charge in [0.1, 0.15) is 0 Å². The van der Waals surface area contributed by atoms with Crippen molar-refractivity contribution >= 4 is 43.7 Å². The van der Waals surface area contributed by atoms with Crippen molar-refractivity contribution in [2.45, 2.75) is 17.9 Å². The minimum atomic E-state index is -0.459. The molecule has 12 rings (SSSR count). The topological polar surface area (TPSA) is 3.24 Å². The maximum Gasteiger partial charge on any atom is 0.0726 e. The molecule has 0 saturated carbocycles. The molecule has 1 heteroatoms. The van der Waals surface area contributed by atoms with Gasteiger partial charge in [0.05, 0.1) is 11.5 Å². The van der Waals surface area contributed by atoms with Gasteiger partial charge in [0.25, 0.3) is 0 Å². The van der Waals surface area contributed by atoms with Gasteiger partial charge in [0.15, 0.2) is 0 Å². The van der Waals surface area contributed by atoms with E-state index in [2.05, 4.69) is 236 Å². The predicted molar refractivity (Wildman–Crippen MR) is 262 cm³/mol. The SMILES string of the molecule is C=C/C=C\CC(c1ccccc1-c1ccccc1)N(c1ccc2c3ccccc3c3ccccc3c2c1)c1cccc2c1-c1ccccc1C21c2ccccc2-c2ccccc21. The van der Waals surface area contributed by atoms with Gasteiger partial charge < -0.3 is 4.90 Å². The lowest BCUT2D eigenvalue weighted by Crippen LogP contribution is -2.27. The highest BCUT2D eigenvalue weighted by Gasteiger charge is 2.52. The first-order valence-corrected chi connectivity index (χ1v) is 21.7. The highest BCUT2D eigenvalue weighted by molar-refractivity contribution is 6.25. The minimum absolute atomic E-state index is 0.0925. The van der Waals surface area contributed by atoms with Crippen LogP contribution in [0.1, 0.15) is 40.3 Å². The second-order valence-electron chi connectivity index (χ2n) is 16.6. The van der Waals surface area contributed by atoms with Crippen molar-refractivity contribution in [2.24, 2.45) is 0 Å². The second kappa shape index (κ2) is 14.5. The molecule has 0 aliphatic heterocycles. The molecule has 1 spiro atoms. The molecule has 0 bridgehead atoms. The third kappa shape index (κ3) is 5.22. The Morgan fingerprint density at radius 1 is 0.435 bits per heavy atom. The van der Waals surface area contributed by atoms with E-state index in [-0.39, 0.29) is 6.04 Å². The molecule has 0 N–H and O–H groups in total. The van der Waals surface area contributed by atoms with Crippen molar-refractivity contribution in [1.29, 1.82) is 0 Å². The molecule has 1 unspecified atom stereocenters. The molecule has 0 heterocycles. The lowest BCUT2D eigenvalue weighted by Gasteiger charge is -2.37. The van der Waals surface area contributed by atoms with E-state index in [1.54, 1.807) is 0 Å². The number of hydrogen-bond acceptors (Lipinski definition) is 1. The Balaban J connectivity index is 1.20. The molecule has 0 fully saturated rings. The number of nitrogens with zero attached hydrogens (tertiary/aromatic N) is 1. The Morgan fingerprint density at radius 2 is 0.935 bits per heavy atom. The largest absolute Gasteiger partial charge is 0.333 e. The normalized spacial score (nSPS) is 13.6. The Hall–Kier alpha value is -7.74. The standard InChI is InChI=1S/C61H43N/c1-2-3-5-36-58(51-30-13-8-23-43(51)41-21-6-4-7-22-41)62(42-38-39-48-46-26-10-9-24-44(46)45-25-11-12-27-47(45)53(48)40-42)59-37-20-35-57-60(59)52-31-16-19-34-56(52)61(57)54-32-17-14-28-49(54)50-29-15-18-33-55(50)61/h2-35,37-40,58H,1,36H2/b5-3-. The lowest BCUT2D eigenvalue weighted by atomic mass is 9.70. The van der Waals surface area contributed by atoms with Crippen LogP contribution < -0.4 is 4.90 Å². The molecule has 2 aliphatic rings. The summed E-state index contributed by atoms with van der Waals surface area (Å²) in [6.07, 6.45) is 7.04. The summed E-state index contributed by atoms with van der Waals surface area (Å²) in [5.41, 5.74) is 16.1. The smallest absolute Gasteiger partial charge is 0.0726 e. The monoisotopic (exact) mass is 789 g/mol. The van der Waals surface area contributed by atoms with Crippen LogP contribution in [-0.2, 0) is 5.41 Å². The van der Waals surface area contributed by atoms with E-state index in [9.17, 15) is 0 Å². The second-order valence-corrected chi connectivity index (χ2v) is 16.6. The van der Waals surface area contributed by atoms with Crippen molar-refractivity contribution in [3.63, 3.8) is 0 Å². The summed E-state index contributed by atoms with van der Waals surface area (Å²) in [6, 6.07) is 79.2. The third-order valence-electron chi connectivity index (χ3n) is 13.6. The van der Waals surface area contributed by atoms with Crippen LogP contribution >= 0.6 is 0 Å². The Bertz CT molecular complexity index is 3340. The average molecular weight is 790 g/mol. The van der Waals surface area contributed by atoms with Crippen LogP contribution in [-0.4, -0.2) is 0 Å². The summed E-state index contributed by atoms with van der Waals surface area (Å²) in [6.45, 7) is 4.09. The van der Waals surface area contributed by atoms with E-state index >= 15 is 0 Å². The molecule has 1 atom stereocenters. The fraction of sp³-hybridized carbons (Fsp3) is 0.0492. The van der Waals surface area contributed by atoms with Crippen LogP contribution in [0.3, 0.4) is 0 Å². The van der Waals surface area contributed by atoms with Gasteiger partial charge in [-0.3, -0.25) is 0 Å². The van der Waals surface area contributed by atoms with E-state index in [1.165, 1.54) is 99.2 Å². The predicted octanol–water partition coefficient (Wildman–Crippen LogP) is 16.2. The molecule has 62 heavy (non-hydrogen) atoms. The van der Waals surface area contributed by atoms with E-state index in [4.69, 9.17) is 0 Å². The molecule has 0 amide bonds. The molecule has 10 aromatic rings. The lowest BCUT2D eigenvalue weighted by molar-refractivity contribution is 0.710. The Morgan fingerprint density at radius 3 is 1.58 bits per heavy atom. The van der Waals surface area contributed by atoms with Crippen LogP contribution in [0, 0.1) is 0 Å². The highest BCUT2D eigenvalue weighted by atomic mass is 15.2. The molecule has 0 aromatic heterocycles. The zero-order valence-corrected chi connectivity index (χ0v) is 34.4. The van der Waals surface area contributed by atoms with E-state index in [0.29, 0.717) is 0 Å². The van der Waals surface area contributed by atoms with Crippen LogP contribution in [0.5, 0.6) is 0 Å². The van der Waals surface area contributed by atoms with Crippen molar-refractivity contribution < 1.29 is 0 Å². The zero-order valence-electron chi connectivity index (χ0n) is 34.4. The quantitative estimate of drug-likeness (QED) is 0.109. The van der Waals surface area contributed by atoms with Gasteiger partial charge in [-0.25, -0.2) is 0 Å². The maximum atomic E-state index is 4.09. The average Bonchev–Trinajstić information content (AvgIpc) is 3.82. The molecule has 2 aliphatic carbocycles. The first-order valence-electron chi connectivity index (χ1n) is 21.7. The van der Waals surface area contributed by atoms with Crippen LogP contribution in [0.2, 0.25) is 0 Å². The summed E-state index contributed by atoms with van der Waals surface area (Å²) in [5, 5.41) is 7.60. The fourth-order valence-corrected chi connectivity index (χ4v) is 11.2. The number of fused-ring (bicyclic) bond motifs is 16. The van der Waals surface area contributed by atoms with Crippen molar-refractivity contribution in [1.82, 2.24) is 0 Å². The summed E-state index contributed by atoms with van der Waals surface area (Å²) in [5.74, 6) is 0. The third-order valence-corrected chi connectivity index (χ3v) is 13.6. The summed E-state index contributed by atoms with van der Waals surface area (Å²) >= 11 is 0. The van der Waals surface area contributed by atoms with E-state index in [1.807, 2.05) is 6.08 Å². The summed E-state index contributed by atoms with van der Waals surface area (Å²) in [4.78, 5) is 2.67. The first-order chi connectivity index (χ1) is 30.8. The van der Waals surface area contributed by atoms with Crippen LogP contribution in [0.25, 0.3) is 65.7 Å². The molecular weight excluding hydrogens is 747 g/mol. The van der Waals surface area contributed by atoms with Gasteiger partial charge in [-0.15, -0.1) is 0 Å². The maximum absolute atomic E-state index is 4.09. The number of anilines is 2. The first kappa shape index (κ1) is 36.1.